The quantitative estimate of drug-likeness (QED) is 0.172. The molecule has 0 saturated heterocycles. The third-order valence-electron chi connectivity index (χ3n) is 1.66. The van der Waals surface area contributed by atoms with Crippen LogP contribution in [-0.4, -0.2) is 25.3 Å². The van der Waals surface area contributed by atoms with Gasteiger partial charge in [0.05, 0.1) is 15.2 Å². The minimum Gasteiger partial charge on any atom is -0.458 e. The number of halogens is 1. The van der Waals surface area contributed by atoms with Crippen molar-refractivity contribution < 1.29 is 37.5 Å². The molecule has 0 aliphatic heterocycles. The summed E-state index contributed by atoms with van der Waals surface area (Å²) in [6.45, 7) is 3.39. The number of hydrogen-bond acceptors (Lipinski definition) is 5. The minimum absolute atomic E-state index is 0. The number of carbonyl (C=O) groups excluding carboxylic acids is 1. The van der Waals surface area contributed by atoms with Crippen molar-refractivity contribution in [1.82, 2.24) is 9.97 Å². The largest absolute Gasteiger partial charge is 0.458 e. The molecule has 0 aromatic carbocycles. The summed E-state index contributed by atoms with van der Waals surface area (Å²) in [7, 11) is 0. The van der Waals surface area contributed by atoms with Crippen LogP contribution in [0.15, 0.2) is 4.99 Å². The number of nitrogens with zero attached hydrogens (tertiary/aromatic N) is 3. The zero-order valence-corrected chi connectivity index (χ0v) is 16.2. The van der Waals surface area contributed by atoms with Crippen molar-refractivity contribution in [3.63, 3.8) is 0 Å². The smallest absolute Gasteiger partial charge is 0.281 e. The second kappa shape index (κ2) is 9.80. The molecule has 1 amide bonds. The monoisotopic (exact) mass is 462 g/mol. The molecule has 1 heterocycles. The fourth-order valence-corrected chi connectivity index (χ4v) is 1.83. The molecule has 0 fully saturated rings. The first-order chi connectivity index (χ1) is 8.54. The molecule has 0 aliphatic rings. The van der Waals surface area contributed by atoms with Crippen molar-refractivity contribution in [1.29, 1.82) is 0 Å². The summed E-state index contributed by atoms with van der Waals surface area (Å²) in [4.78, 5) is 23.4. The standard InChI is InChI=1S/C11H10IN4OS.Y/c1-7-6-14-10(13)9(15-7)11(17)16-8(2)18-5-3-4-12;/h4H2,1-2H3,(H2,13,14);/q-1;. The van der Waals surface area contributed by atoms with Gasteiger partial charge in [-0.05, 0) is 42.4 Å². The van der Waals surface area contributed by atoms with Crippen molar-refractivity contribution in [2.75, 3.05) is 10.2 Å². The Hall–Kier alpha value is -0.0361. The molecule has 0 saturated carbocycles. The van der Waals surface area contributed by atoms with Gasteiger partial charge in [0.1, 0.15) is 0 Å². The number of nitrogen functional groups attached to an aromatic ring is 1. The topological polar surface area (TPSA) is 81.2 Å². The van der Waals surface area contributed by atoms with E-state index in [-0.39, 0.29) is 44.2 Å². The molecule has 19 heavy (non-hydrogen) atoms. The Balaban J connectivity index is 0.00000324. The van der Waals surface area contributed by atoms with Crippen molar-refractivity contribution in [3.05, 3.63) is 17.6 Å². The van der Waals surface area contributed by atoms with Crippen LogP contribution in [0.25, 0.3) is 0 Å². The molecule has 8 heteroatoms. The first kappa shape index (κ1) is 19.0. The average molecular weight is 462 g/mol. The summed E-state index contributed by atoms with van der Waals surface area (Å²) in [6, 6.07) is 0. The number of thioether (sulfide) groups is 1. The summed E-state index contributed by atoms with van der Waals surface area (Å²) in [6.07, 6.45) is 2.57. The van der Waals surface area contributed by atoms with Crippen LogP contribution in [-0.2, 0) is 32.7 Å². The Kier molecular flexibility index (Phi) is 9.78. The van der Waals surface area contributed by atoms with E-state index in [1.54, 1.807) is 13.8 Å². The van der Waals surface area contributed by atoms with Crippen LogP contribution in [0.2, 0.25) is 0 Å². The van der Waals surface area contributed by atoms with Gasteiger partial charge in [-0.25, -0.2) is 4.99 Å². The average Bonchev–Trinajstić information content (AvgIpc) is 2.32. The number of alkyl halides is 1. The third kappa shape index (κ3) is 6.79. The molecule has 5 nitrogen and oxygen atoms in total. The number of hydrogen-bond donors (Lipinski definition) is 1. The molecule has 1 rings (SSSR count). The van der Waals surface area contributed by atoms with E-state index in [0.29, 0.717) is 10.7 Å². The van der Waals surface area contributed by atoms with Gasteiger partial charge in [-0.1, -0.05) is 28.5 Å². The van der Waals surface area contributed by atoms with Gasteiger partial charge < -0.3 is 10.7 Å². The van der Waals surface area contributed by atoms with E-state index in [2.05, 4.69) is 54.9 Å². The number of carbonyl (C=O) groups is 1. The minimum atomic E-state index is -0.515. The van der Waals surface area contributed by atoms with E-state index in [1.807, 2.05) is 0 Å². The van der Waals surface area contributed by atoms with E-state index in [0.717, 1.165) is 4.43 Å². The van der Waals surface area contributed by atoms with E-state index in [1.165, 1.54) is 11.8 Å². The van der Waals surface area contributed by atoms with Crippen LogP contribution in [0.5, 0.6) is 0 Å². The summed E-state index contributed by atoms with van der Waals surface area (Å²) in [5.74, 6) is 2.38. The normalized spacial score (nSPS) is 10.2. The second-order valence-electron chi connectivity index (χ2n) is 3.11. The summed E-state index contributed by atoms with van der Waals surface area (Å²) in [5.41, 5.74) is 6.10. The predicted molar refractivity (Wildman–Crippen MR) is 81.7 cm³/mol. The van der Waals surface area contributed by atoms with Gasteiger partial charge in [0.25, 0.3) is 5.91 Å². The number of aromatic nitrogens is 2. The summed E-state index contributed by atoms with van der Waals surface area (Å²) in [5, 5.41) is 3.37. The Bertz CT molecular complexity index is 553. The Morgan fingerprint density at radius 1 is 1.63 bits per heavy atom. The second-order valence-corrected chi connectivity index (χ2v) is 4.87. The summed E-state index contributed by atoms with van der Waals surface area (Å²) < 4.78 is 0.734. The van der Waals surface area contributed by atoms with Crippen LogP contribution in [0, 0.1) is 24.3 Å². The molecule has 0 atom stereocenters. The van der Waals surface area contributed by atoms with E-state index in [4.69, 9.17) is 5.73 Å². The van der Waals surface area contributed by atoms with Crippen molar-refractivity contribution in [2.24, 2.45) is 4.99 Å². The SMILES string of the molecule is CC(=NC(=O)c1nc(C)[c-]nc1N)SC#CCI.[Y]. The zero-order valence-electron chi connectivity index (χ0n) is 10.4. The number of nitrogens with two attached hydrogens (primary N) is 1. The molecule has 2 N–H and O–H groups in total. The predicted octanol–water partition coefficient (Wildman–Crippen LogP) is 1.85. The van der Waals surface area contributed by atoms with Gasteiger partial charge in [-0.15, -0.1) is 6.20 Å². The number of aryl methyl sites for hydroxylation is 1. The Labute approximate surface area is 155 Å². The molecule has 0 spiro atoms. The van der Waals surface area contributed by atoms with E-state index >= 15 is 0 Å². The summed E-state index contributed by atoms with van der Waals surface area (Å²) >= 11 is 3.35. The van der Waals surface area contributed by atoms with E-state index in [9.17, 15) is 4.79 Å². The maximum atomic E-state index is 11.8. The third-order valence-corrected chi connectivity index (χ3v) is 2.67. The van der Waals surface area contributed by atoms with Gasteiger partial charge in [-0.2, -0.15) is 0 Å². The molecule has 0 aliphatic carbocycles. The molecular formula is C11H10IN4OSY-. The van der Waals surface area contributed by atoms with Gasteiger partial charge in [0, 0.05) is 32.7 Å². The molecule has 0 bridgehead atoms. The molecule has 1 radical (unpaired) electrons. The molecule has 1 aromatic heterocycles. The zero-order chi connectivity index (χ0) is 13.5. The number of rotatable bonds is 1. The van der Waals surface area contributed by atoms with Crippen LogP contribution >= 0.6 is 34.4 Å². The van der Waals surface area contributed by atoms with Crippen molar-refractivity contribution in [2.45, 2.75) is 13.8 Å². The van der Waals surface area contributed by atoms with Crippen LogP contribution in [0.3, 0.4) is 0 Å². The van der Waals surface area contributed by atoms with Gasteiger partial charge in [-0.3, -0.25) is 9.78 Å². The van der Waals surface area contributed by atoms with Crippen molar-refractivity contribution in [3.8, 4) is 11.2 Å². The first-order valence-corrected chi connectivity index (χ1v) is 7.21. The van der Waals surface area contributed by atoms with Gasteiger partial charge >= 0.3 is 0 Å². The molecule has 97 valence electrons. The maximum Gasteiger partial charge on any atom is 0.281 e. The van der Waals surface area contributed by atoms with Crippen molar-refractivity contribution >= 4 is 51.1 Å². The first-order valence-electron chi connectivity index (χ1n) is 4.86. The fourth-order valence-electron chi connectivity index (χ4n) is 0.957. The number of anilines is 1. The number of aliphatic imine (C=N–C) groups is 1. The van der Waals surface area contributed by atoms with Crippen LogP contribution in [0.4, 0.5) is 5.82 Å². The van der Waals surface area contributed by atoms with Crippen LogP contribution < -0.4 is 5.73 Å². The Morgan fingerprint density at radius 2 is 2.32 bits per heavy atom. The Morgan fingerprint density at radius 3 is 2.95 bits per heavy atom. The van der Waals surface area contributed by atoms with Crippen LogP contribution in [0.1, 0.15) is 23.1 Å². The van der Waals surface area contributed by atoms with Gasteiger partial charge in [0.15, 0.2) is 0 Å². The van der Waals surface area contributed by atoms with E-state index < -0.39 is 5.91 Å². The molecule has 1 aromatic rings. The molecule has 0 unspecified atom stereocenters. The molecular weight excluding hydrogens is 452 g/mol. The van der Waals surface area contributed by atoms with Gasteiger partial charge in [0.2, 0.25) is 0 Å². The number of amides is 1. The fraction of sp³-hybridized carbons (Fsp3) is 0.273. The maximum absolute atomic E-state index is 11.8.